The van der Waals surface area contributed by atoms with Gasteiger partial charge in [-0.2, -0.15) is 10.2 Å². The van der Waals surface area contributed by atoms with Crippen molar-refractivity contribution < 1.29 is 13.9 Å². The predicted molar refractivity (Wildman–Crippen MR) is 124 cm³/mol. The number of nitrogens with zero attached hydrogens (tertiary/aromatic N) is 3. The molecular formula is C24H26ClFN4O2. The molecule has 3 rings (SSSR count). The van der Waals surface area contributed by atoms with E-state index in [9.17, 15) is 9.18 Å². The van der Waals surface area contributed by atoms with E-state index in [1.165, 1.54) is 23.9 Å². The van der Waals surface area contributed by atoms with Crippen LogP contribution in [0.5, 0.6) is 5.75 Å². The van der Waals surface area contributed by atoms with Gasteiger partial charge < -0.3 is 4.74 Å². The zero-order chi connectivity index (χ0) is 23.3. The van der Waals surface area contributed by atoms with E-state index < -0.39 is 5.91 Å². The standard InChI is InChI=1S/C24H26ClFN4O2/c1-16-21(23(25)30(29-16)14-17-5-9-19(26)10-6-17)13-27-28-22(31)15-32-20-11-7-18(8-12-20)24(2,3)4/h5-13H,14-15H2,1-4H3,(H,28,31). The van der Waals surface area contributed by atoms with Gasteiger partial charge in [-0.05, 0) is 47.7 Å². The Labute approximate surface area is 192 Å². The van der Waals surface area contributed by atoms with Crippen LogP contribution in [0.4, 0.5) is 4.39 Å². The summed E-state index contributed by atoms with van der Waals surface area (Å²) in [6, 6.07) is 13.8. The summed E-state index contributed by atoms with van der Waals surface area (Å²) >= 11 is 6.41. The lowest BCUT2D eigenvalue weighted by Crippen LogP contribution is -2.24. The summed E-state index contributed by atoms with van der Waals surface area (Å²) in [6.07, 6.45) is 1.45. The van der Waals surface area contributed by atoms with E-state index >= 15 is 0 Å². The first-order valence-corrected chi connectivity index (χ1v) is 10.5. The molecule has 6 nitrogen and oxygen atoms in total. The van der Waals surface area contributed by atoms with Crippen molar-refractivity contribution >= 4 is 23.7 Å². The average molecular weight is 457 g/mol. The summed E-state index contributed by atoms with van der Waals surface area (Å²) in [5.41, 5.74) is 5.77. The van der Waals surface area contributed by atoms with Gasteiger partial charge in [0.2, 0.25) is 0 Å². The molecule has 0 aliphatic heterocycles. The van der Waals surface area contributed by atoms with Crippen molar-refractivity contribution in [1.82, 2.24) is 15.2 Å². The Morgan fingerprint density at radius 2 is 1.84 bits per heavy atom. The quantitative estimate of drug-likeness (QED) is 0.408. The molecule has 0 bridgehead atoms. The highest BCUT2D eigenvalue weighted by Crippen LogP contribution is 2.24. The lowest BCUT2D eigenvalue weighted by Gasteiger charge is -2.19. The maximum atomic E-state index is 13.1. The average Bonchev–Trinajstić information content (AvgIpc) is 3.01. The van der Waals surface area contributed by atoms with Gasteiger partial charge in [0.25, 0.3) is 5.91 Å². The van der Waals surface area contributed by atoms with Crippen molar-refractivity contribution in [3.8, 4) is 5.75 Å². The fraction of sp³-hybridized carbons (Fsp3) is 0.292. The molecule has 0 atom stereocenters. The Morgan fingerprint density at radius 1 is 1.19 bits per heavy atom. The molecule has 2 aromatic carbocycles. The van der Waals surface area contributed by atoms with Gasteiger partial charge in [0.15, 0.2) is 6.61 Å². The van der Waals surface area contributed by atoms with E-state index in [4.69, 9.17) is 16.3 Å². The second kappa shape index (κ2) is 9.96. The third kappa shape index (κ3) is 6.17. The number of benzene rings is 2. The molecule has 32 heavy (non-hydrogen) atoms. The van der Waals surface area contributed by atoms with Crippen LogP contribution in [-0.2, 0) is 16.8 Å². The van der Waals surface area contributed by atoms with E-state index in [1.54, 1.807) is 23.7 Å². The fourth-order valence-corrected chi connectivity index (χ4v) is 3.27. The van der Waals surface area contributed by atoms with Crippen LogP contribution in [0.2, 0.25) is 5.15 Å². The molecule has 0 aliphatic carbocycles. The zero-order valence-corrected chi connectivity index (χ0v) is 19.3. The van der Waals surface area contributed by atoms with Crippen LogP contribution < -0.4 is 10.2 Å². The number of halogens is 2. The second-order valence-electron chi connectivity index (χ2n) is 8.43. The Morgan fingerprint density at radius 3 is 2.47 bits per heavy atom. The van der Waals surface area contributed by atoms with E-state index in [2.05, 4.69) is 36.4 Å². The Balaban J connectivity index is 1.54. The number of carbonyl (C=O) groups is 1. The highest BCUT2D eigenvalue weighted by molar-refractivity contribution is 6.32. The number of hydrogen-bond acceptors (Lipinski definition) is 4. The highest BCUT2D eigenvalue weighted by Gasteiger charge is 2.14. The van der Waals surface area contributed by atoms with Crippen molar-refractivity contribution in [2.45, 2.75) is 39.7 Å². The van der Waals surface area contributed by atoms with Crippen molar-refractivity contribution in [2.24, 2.45) is 5.10 Å². The normalized spacial score (nSPS) is 11.7. The van der Waals surface area contributed by atoms with Gasteiger partial charge in [-0.1, -0.05) is 56.6 Å². The predicted octanol–water partition coefficient (Wildman–Crippen LogP) is 4.86. The monoisotopic (exact) mass is 456 g/mol. The van der Waals surface area contributed by atoms with Gasteiger partial charge >= 0.3 is 0 Å². The SMILES string of the molecule is Cc1nn(Cc2ccc(F)cc2)c(Cl)c1C=NNC(=O)COc1ccc(C(C)(C)C)cc1. The van der Waals surface area contributed by atoms with Crippen LogP contribution in [0.1, 0.15) is 43.2 Å². The van der Waals surface area contributed by atoms with E-state index in [0.717, 1.165) is 5.56 Å². The minimum absolute atomic E-state index is 0.0524. The van der Waals surface area contributed by atoms with Crippen LogP contribution in [-0.4, -0.2) is 28.5 Å². The largest absolute Gasteiger partial charge is 0.484 e. The highest BCUT2D eigenvalue weighted by atomic mass is 35.5. The van der Waals surface area contributed by atoms with E-state index in [1.807, 2.05) is 24.3 Å². The topological polar surface area (TPSA) is 68.5 Å². The molecule has 0 spiro atoms. The summed E-state index contributed by atoms with van der Waals surface area (Å²) in [7, 11) is 0. The summed E-state index contributed by atoms with van der Waals surface area (Å²) in [5, 5.41) is 8.73. The maximum absolute atomic E-state index is 13.1. The minimum Gasteiger partial charge on any atom is -0.484 e. The number of amides is 1. The van der Waals surface area contributed by atoms with Crippen molar-refractivity contribution in [3.63, 3.8) is 0 Å². The molecule has 3 aromatic rings. The first-order valence-electron chi connectivity index (χ1n) is 10.2. The number of hydrogen-bond donors (Lipinski definition) is 1. The summed E-state index contributed by atoms with van der Waals surface area (Å²) in [5.74, 6) is -0.0855. The Bertz CT molecular complexity index is 1100. The van der Waals surface area contributed by atoms with Crippen LogP contribution in [0.25, 0.3) is 0 Å². The number of nitrogens with one attached hydrogen (secondary N) is 1. The van der Waals surface area contributed by atoms with Gasteiger partial charge in [0.05, 0.1) is 24.0 Å². The van der Waals surface area contributed by atoms with Crippen LogP contribution in [0.15, 0.2) is 53.6 Å². The van der Waals surface area contributed by atoms with Gasteiger partial charge in [-0.25, -0.2) is 14.5 Å². The number of aromatic nitrogens is 2. The number of carbonyl (C=O) groups excluding carboxylic acids is 1. The van der Waals surface area contributed by atoms with E-state index in [0.29, 0.717) is 28.7 Å². The smallest absolute Gasteiger partial charge is 0.277 e. The molecule has 0 saturated heterocycles. The lowest BCUT2D eigenvalue weighted by molar-refractivity contribution is -0.123. The number of ether oxygens (including phenoxy) is 1. The molecule has 0 aliphatic rings. The van der Waals surface area contributed by atoms with E-state index in [-0.39, 0.29) is 17.8 Å². The van der Waals surface area contributed by atoms with Crippen molar-refractivity contribution in [2.75, 3.05) is 6.61 Å². The Hall–Kier alpha value is -3.19. The fourth-order valence-electron chi connectivity index (χ4n) is 2.98. The molecule has 8 heteroatoms. The molecule has 0 radical (unpaired) electrons. The first-order chi connectivity index (χ1) is 15.1. The van der Waals surface area contributed by atoms with Crippen LogP contribution >= 0.6 is 11.6 Å². The zero-order valence-electron chi connectivity index (χ0n) is 18.5. The minimum atomic E-state index is -0.395. The number of aryl methyl sites for hydroxylation is 1. The molecule has 1 heterocycles. The summed E-state index contributed by atoms with van der Waals surface area (Å²) < 4.78 is 20.2. The lowest BCUT2D eigenvalue weighted by atomic mass is 9.87. The third-order valence-corrected chi connectivity index (χ3v) is 5.23. The van der Waals surface area contributed by atoms with Gasteiger partial charge in [-0.15, -0.1) is 0 Å². The van der Waals surface area contributed by atoms with Gasteiger partial charge in [0.1, 0.15) is 16.7 Å². The number of hydrazone groups is 1. The molecule has 1 N–H and O–H groups in total. The summed E-state index contributed by atoms with van der Waals surface area (Å²) in [4.78, 5) is 12.0. The molecule has 0 unspecified atom stereocenters. The van der Waals surface area contributed by atoms with Crippen LogP contribution in [0, 0.1) is 12.7 Å². The van der Waals surface area contributed by atoms with Gasteiger partial charge in [0, 0.05) is 0 Å². The van der Waals surface area contributed by atoms with Crippen LogP contribution in [0.3, 0.4) is 0 Å². The molecular weight excluding hydrogens is 431 g/mol. The first kappa shape index (κ1) is 23.5. The maximum Gasteiger partial charge on any atom is 0.277 e. The van der Waals surface area contributed by atoms with Gasteiger partial charge in [-0.3, -0.25) is 4.79 Å². The Kier molecular flexibility index (Phi) is 7.30. The summed E-state index contributed by atoms with van der Waals surface area (Å²) in [6.45, 7) is 8.42. The molecule has 1 aromatic heterocycles. The second-order valence-corrected chi connectivity index (χ2v) is 8.79. The van der Waals surface area contributed by atoms with Crippen molar-refractivity contribution in [1.29, 1.82) is 0 Å². The molecule has 0 fully saturated rings. The molecule has 168 valence electrons. The van der Waals surface area contributed by atoms with Crippen molar-refractivity contribution in [3.05, 3.63) is 81.9 Å². The third-order valence-electron chi connectivity index (χ3n) is 4.83. The number of rotatable bonds is 7. The molecule has 1 amide bonds. The molecule has 0 saturated carbocycles.